The van der Waals surface area contributed by atoms with Crippen LogP contribution >= 0.6 is 22.9 Å². The monoisotopic (exact) mass is 409 g/mol. The third-order valence-corrected chi connectivity index (χ3v) is 5.93. The van der Waals surface area contributed by atoms with E-state index in [2.05, 4.69) is 10.3 Å². The number of nitrogens with zero attached hydrogens (tertiary/aromatic N) is 2. The third-order valence-electron chi connectivity index (χ3n) is 4.54. The van der Waals surface area contributed by atoms with Gasteiger partial charge in [-0.3, -0.25) is 9.59 Å². The van der Waals surface area contributed by atoms with Gasteiger partial charge >= 0.3 is 0 Å². The fraction of sp³-hybridized carbons (Fsp3) is 0.421. The lowest BCUT2D eigenvalue weighted by Gasteiger charge is -2.32. The third kappa shape index (κ3) is 5.05. The van der Waals surface area contributed by atoms with Gasteiger partial charge in [0.2, 0.25) is 5.91 Å². The quantitative estimate of drug-likeness (QED) is 0.820. The van der Waals surface area contributed by atoms with Crippen LogP contribution in [0.2, 0.25) is 5.02 Å². The highest BCUT2D eigenvalue weighted by Gasteiger charge is 2.28. The van der Waals surface area contributed by atoms with Crippen LogP contribution in [0.15, 0.2) is 23.6 Å². The molecule has 8 heteroatoms. The van der Waals surface area contributed by atoms with Crippen molar-refractivity contribution in [2.45, 2.75) is 32.1 Å². The molecule has 2 aromatic rings. The topological polar surface area (TPSA) is 62.3 Å². The van der Waals surface area contributed by atoms with Gasteiger partial charge in [-0.05, 0) is 31.0 Å². The predicted molar refractivity (Wildman–Crippen MR) is 104 cm³/mol. The second-order valence-electron chi connectivity index (χ2n) is 6.62. The number of rotatable bonds is 5. The molecule has 0 unspecified atom stereocenters. The lowest BCUT2D eigenvalue weighted by atomic mass is 9.98. The molecular formula is C19H21ClFN3O2S. The maximum Gasteiger partial charge on any atom is 0.255 e. The summed E-state index contributed by atoms with van der Waals surface area (Å²) in [5.74, 6) is -0.607. The highest BCUT2D eigenvalue weighted by atomic mass is 35.5. The highest BCUT2D eigenvalue weighted by molar-refractivity contribution is 7.09. The molecule has 1 aliphatic rings. The van der Waals surface area contributed by atoms with E-state index in [0.29, 0.717) is 26.1 Å². The Kier molecular flexibility index (Phi) is 6.44. The number of likely N-dealkylation sites (tertiary alicyclic amines) is 1. The van der Waals surface area contributed by atoms with Crippen molar-refractivity contribution in [2.24, 2.45) is 0 Å². The minimum atomic E-state index is -0.472. The van der Waals surface area contributed by atoms with Gasteiger partial charge in [-0.2, -0.15) is 0 Å². The summed E-state index contributed by atoms with van der Waals surface area (Å²) in [6, 6.07) is 3.85. The fourth-order valence-corrected chi connectivity index (χ4v) is 4.37. The zero-order valence-corrected chi connectivity index (χ0v) is 16.6. The lowest BCUT2D eigenvalue weighted by molar-refractivity contribution is -0.118. The van der Waals surface area contributed by atoms with Crippen LogP contribution in [0, 0.1) is 5.82 Å². The molecule has 27 heavy (non-hydrogen) atoms. The number of carbonyl (C=O) groups excluding carboxylic acids is 2. The van der Waals surface area contributed by atoms with Gasteiger partial charge in [0, 0.05) is 44.3 Å². The fourth-order valence-electron chi connectivity index (χ4n) is 3.19. The van der Waals surface area contributed by atoms with E-state index in [0.717, 1.165) is 23.5 Å². The van der Waals surface area contributed by atoms with Gasteiger partial charge in [0.25, 0.3) is 5.91 Å². The van der Waals surface area contributed by atoms with Crippen molar-refractivity contribution in [1.82, 2.24) is 15.2 Å². The summed E-state index contributed by atoms with van der Waals surface area (Å²) >= 11 is 7.67. The Balaban J connectivity index is 1.65. The number of hydrogen-bond donors (Lipinski definition) is 1. The maximum atomic E-state index is 13.5. The molecule has 3 rings (SSSR count). The van der Waals surface area contributed by atoms with Gasteiger partial charge in [0.15, 0.2) is 0 Å². The number of nitrogens with one attached hydrogen (secondary N) is 1. The van der Waals surface area contributed by atoms with Crippen LogP contribution in [0.3, 0.4) is 0 Å². The van der Waals surface area contributed by atoms with E-state index in [1.54, 1.807) is 16.2 Å². The number of thiazole rings is 1. The number of benzene rings is 1. The van der Waals surface area contributed by atoms with E-state index < -0.39 is 5.82 Å². The smallest absolute Gasteiger partial charge is 0.255 e. The van der Waals surface area contributed by atoms with Crippen molar-refractivity contribution >= 4 is 34.8 Å². The lowest BCUT2D eigenvalue weighted by Crippen LogP contribution is -2.39. The van der Waals surface area contributed by atoms with E-state index in [1.807, 2.05) is 5.38 Å². The van der Waals surface area contributed by atoms with Crippen LogP contribution in [0.5, 0.6) is 0 Å². The number of aromatic nitrogens is 1. The van der Waals surface area contributed by atoms with E-state index in [1.165, 1.54) is 25.1 Å². The summed E-state index contributed by atoms with van der Waals surface area (Å²) in [6.45, 7) is 3.23. The Bertz CT molecular complexity index is 842. The SMILES string of the molecule is CC(=O)NCCc1csc([C@H]2CCCN(C(=O)c3cc(F)ccc3Cl)C2)n1. The standard InChI is InChI=1S/C19H21ClFN3O2S/c1-12(25)22-7-6-15-11-27-18(23-15)13-3-2-8-24(10-13)19(26)16-9-14(21)4-5-17(16)20/h4-5,9,11,13H,2-3,6-8,10H2,1H3,(H,22,25)/t13-/m0/s1. The molecule has 0 radical (unpaired) electrons. The van der Waals surface area contributed by atoms with Gasteiger partial charge in [-0.25, -0.2) is 9.37 Å². The second-order valence-corrected chi connectivity index (χ2v) is 7.92. The molecule has 1 aromatic carbocycles. The van der Waals surface area contributed by atoms with E-state index in [-0.39, 0.29) is 28.3 Å². The average Bonchev–Trinajstić information content (AvgIpc) is 3.12. The van der Waals surface area contributed by atoms with E-state index in [9.17, 15) is 14.0 Å². The second kappa shape index (κ2) is 8.80. The first-order valence-electron chi connectivity index (χ1n) is 8.87. The molecule has 2 amide bonds. The number of piperidine rings is 1. The molecule has 1 aliphatic heterocycles. The summed E-state index contributed by atoms with van der Waals surface area (Å²) in [6.07, 6.45) is 2.51. The molecule has 1 aromatic heterocycles. The number of carbonyl (C=O) groups is 2. The Labute approximate surface area is 166 Å². The molecule has 0 saturated carbocycles. The highest BCUT2D eigenvalue weighted by Crippen LogP contribution is 2.31. The van der Waals surface area contributed by atoms with Crippen LogP contribution in [0.25, 0.3) is 0 Å². The largest absolute Gasteiger partial charge is 0.356 e. The summed E-state index contributed by atoms with van der Waals surface area (Å²) in [4.78, 5) is 30.1. The first-order chi connectivity index (χ1) is 12.9. The Morgan fingerprint density at radius 2 is 2.26 bits per heavy atom. The Hall–Kier alpha value is -1.99. The van der Waals surface area contributed by atoms with Gasteiger partial charge in [0.1, 0.15) is 5.82 Å². The number of amides is 2. The number of hydrogen-bond acceptors (Lipinski definition) is 4. The molecule has 1 saturated heterocycles. The van der Waals surface area contributed by atoms with Crippen molar-refractivity contribution in [1.29, 1.82) is 0 Å². The van der Waals surface area contributed by atoms with Crippen LogP contribution in [-0.4, -0.2) is 41.3 Å². The van der Waals surface area contributed by atoms with Crippen molar-refractivity contribution in [3.63, 3.8) is 0 Å². The van der Waals surface area contributed by atoms with Crippen molar-refractivity contribution in [3.05, 3.63) is 50.7 Å². The summed E-state index contributed by atoms with van der Waals surface area (Å²) in [7, 11) is 0. The molecule has 0 spiro atoms. The van der Waals surface area contributed by atoms with Gasteiger partial charge in [0.05, 0.1) is 21.3 Å². The van der Waals surface area contributed by atoms with E-state index in [4.69, 9.17) is 11.6 Å². The van der Waals surface area contributed by atoms with Crippen molar-refractivity contribution in [2.75, 3.05) is 19.6 Å². The van der Waals surface area contributed by atoms with Crippen LogP contribution in [0.1, 0.15) is 46.7 Å². The molecule has 144 valence electrons. The zero-order chi connectivity index (χ0) is 19.4. The van der Waals surface area contributed by atoms with Crippen LogP contribution in [0.4, 0.5) is 4.39 Å². The van der Waals surface area contributed by atoms with Gasteiger partial charge < -0.3 is 10.2 Å². The molecular weight excluding hydrogens is 389 g/mol. The van der Waals surface area contributed by atoms with Gasteiger partial charge in [-0.15, -0.1) is 11.3 Å². The van der Waals surface area contributed by atoms with Crippen molar-refractivity contribution < 1.29 is 14.0 Å². The van der Waals surface area contributed by atoms with Crippen LogP contribution in [-0.2, 0) is 11.2 Å². The van der Waals surface area contributed by atoms with Crippen molar-refractivity contribution in [3.8, 4) is 0 Å². The zero-order valence-electron chi connectivity index (χ0n) is 15.0. The predicted octanol–water partition coefficient (Wildman–Crippen LogP) is 3.63. The molecule has 1 atom stereocenters. The number of halogens is 2. The van der Waals surface area contributed by atoms with E-state index >= 15 is 0 Å². The normalized spacial score (nSPS) is 17.0. The molecule has 0 bridgehead atoms. The first kappa shape index (κ1) is 19.8. The minimum absolute atomic E-state index is 0.0529. The summed E-state index contributed by atoms with van der Waals surface area (Å²) in [5, 5.41) is 6.02. The minimum Gasteiger partial charge on any atom is -0.356 e. The average molecular weight is 410 g/mol. The Morgan fingerprint density at radius 3 is 3.04 bits per heavy atom. The maximum absolute atomic E-state index is 13.5. The van der Waals surface area contributed by atoms with Crippen LogP contribution < -0.4 is 5.32 Å². The molecule has 1 fully saturated rings. The molecule has 2 heterocycles. The molecule has 1 N–H and O–H groups in total. The molecule has 0 aliphatic carbocycles. The van der Waals surface area contributed by atoms with Gasteiger partial charge in [-0.1, -0.05) is 11.6 Å². The summed E-state index contributed by atoms with van der Waals surface area (Å²) in [5.41, 5.74) is 1.15. The Morgan fingerprint density at radius 1 is 1.44 bits per heavy atom. The molecule has 5 nitrogen and oxygen atoms in total. The first-order valence-corrected chi connectivity index (χ1v) is 10.1. The summed E-state index contributed by atoms with van der Waals surface area (Å²) < 4.78 is 13.5.